The lowest BCUT2D eigenvalue weighted by atomic mass is 10.2. The summed E-state index contributed by atoms with van der Waals surface area (Å²) in [7, 11) is 0. The van der Waals surface area contributed by atoms with Gasteiger partial charge in [-0.05, 0) is 50.3 Å². The third kappa shape index (κ3) is 5.98. The molecular formula is C21H22N2O5. The molecule has 3 N–H and O–H groups in total. The Morgan fingerprint density at radius 1 is 1.11 bits per heavy atom. The first-order valence-electron chi connectivity index (χ1n) is 8.72. The molecule has 0 spiro atoms. The number of esters is 1. The van der Waals surface area contributed by atoms with Gasteiger partial charge >= 0.3 is 5.97 Å². The van der Waals surface area contributed by atoms with Crippen molar-refractivity contribution < 1.29 is 23.9 Å². The Balaban J connectivity index is 1.92. The monoisotopic (exact) mass is 382 g/mol. The summed E-state index contributed by atoms with van der Waals surface area (Å²) in [5, 5.41) is 2.60. The number of primary amides is 1. The van der Waals surface area contributed by atoms with Gasteiger partial charge in [-0.15, -0.1) is 0 Å². The van der Waals surface area contributed by atoms with Crippen LogP contribution in [-0.2, 0) is 14.3 Å². The van der Waals surface area contributed by atoms with E-state index in [0.717, 1.165) is 5.56 Å². The number of hydrogen-bond donors (Lipinski definition) is 2. The second kappa shape index (κ2) is 9.91. The van der Waals surface area contributed by atoms with Crippen LogP contribution in [0, 0.1) is 0 Å². The predicted molar refractivity (Wildman–Crippen MR) is 106 cm³/mol. The third-order valence-electron chi connectivity index (χ3n) is 3.72. The van der Waals surface area contributed by atoms with Crippen LogP contribution < -0.4 is 15.8 Å². The number of rotatable bonds is 8. The van der Waals surface area contributed by atoms with Crippen LogP contribution in [-0.4, -0.2) is 30.5 Å². The molecule has 0 fully saturated rings. The van der Waals surface area contributed by atoms with E-state index in [1.165, 1.54) is 37.3 Å². The first-order chi connectivity index (χ1) is 13.4. The highest BCUT2D eigenvalue weighted by molar-refractivity contribution is 5.97. The Kier molecular flexibility index (Phi) is 7.33. The summed E-state index contributed by atoms with van der Waals surface area (Å²) < 4.78 is 10.6. The average molecular weight is 382 g/mol. The van der Waals surface area contributed by atoms with Crippen LogP contribution >= 0.6 is 0 Å². The van der Waals surface area contributed by atoms with Gasteiger partial charge in [0.15, 0.2) is 6.10 Å². The molecule has 2 amide bonds. The Bertz CT molecular complexity index is 875. The van der Waals surface area contributed by atoms with E-state index in [1.807, 2.05) is 19.1 Å². The minimum Gasteiger partial charge on any atom is -0.493 e. The number of carbonyl (C=O) groups is 3. The average Bonchev–Trinajstić information content (AvgIpc) is 2.68. The summed E-state index contributed by atoms with van der Waals surface area (Å²) in [6.07, 6.45) is 1.80. The van der Waals surface area contributed by atoms with E-state index in [1.54, 1.807) is 18.2 Å². The minimum absolute atomic E-state index is 0.329. The molecule has 7 nitrogen and oxygen atoms in total. The van der Waals surface area contributed by atoms with Crippen LogP contribution in [0.25, 0.3) is 6.08 Å². The molecule has 0 saturated carbocycles. The second-order valence-corrected chi connectivity index (χ2v) is 5.81. The summed E-state index contributed by atoms with van der Waals surface area (Å²) in [6.45, 7) is 3.84. The van der Waals surface area contributed by atoms with Crippen molar-refractivity contribution in [2.75, 3.05) is 11.9 Å². The molecule has 0 radical (unpaired) electrons. The molecule has 2 rings (SSSR count). The standard InChI is InChI=1S/C21H22N2O5/c1-3-27-18-7-5-4-6-15(18)10-13-19(24)28-14(2)21(26)23-17-11-8-16(9-12-17)20(22)25/h4-14H,3H2,1-2H3,(H2,22,25)(H,23,26)/b13-10+/t14-/m0/s1. The summed E-state index contributed by atoms with van der Waals surface area (Å²) >= 11 is 0. The smallest absolute Gasteiger partial charge is 0.331 e. The van der Waals surface area contributed by atoms with Crippen LogP contribution in [0.4, 0.5) is 5.69 Å². The van der Waals surface area contributed by atoms with Gasteiger partial charge < -0.3 is 20.5 Å². The molecule has 0 aliphatic carbocycles. The number of benzene rings is 2. The zero-order valence-corrected chi connectivity index (χ0v) is 15.7. The van der Waals surface area contributed by atoms with Gasteiger partial charge in [0.05, 0.1) is 6.61 Å². The molecule has 2 aromatic carbocycles. The first kappa shape index (κ1) is 20.7. The van der Waals surface area contributed by atoms with Crippen molar-refractivity contribution >= 4 is 29.5 Å². The summed E-state index contributed by atoms with van der Waals surface area (Å²) in [4.78, 5) is 35.2. The molecule has 0 unspecified atom stereocenters. The molecular weight excluding hydrogens is 360 g/mol. The van der Waals surface area contributed by atoms with Crippen molar-refractivity contribution in [1.82, 2.24) is 0 Å². The molecule has 0 saturated heterocycles. The lowest BCUT2D eigenvalue weighted by molar-refractivity contribution is -0.148. The van der Waals surface area contributed by atoms with Crippen molar-refractivity contribution in [3.8, 4) is 5.75 Å². The third-order valence-corrected chi connectivity index (χ3v) is 3.72. The van der Waals surface area contributed by atoms with Gasteiger partial charge in [-0.1, -0.05) is 18.2 Å². The summed E-state index contributed by atoms with van der Waals surface area (Å²) in [5.74, 6) is -1.06. The fraction of sp³-hybridized carbons (Fsp3) is 0.190. The van der Waals surface area contributed by atoms with E-state index in [4.69, 9.17) is 15.2 Å². The van der Waals surface area contributed by atoms with E-state index >= 15 is 0 Å². The first-order valence-corrected chi connectivity index (χ1v) is 8.72. The highest BCUT2D eigenvalue weighted by Crippen LogP contribution is 2.19. The zero-order chi connectivity index (χ0) is 20.5. The van der Waals surface area contributed by atoms with E-state index in [0.29, 0.717) is 23.6 Å². The molecule has 146 valence electrons. The van der Waals surface area contributed by atoms with E-state index in [2.05, 4.69) is 5.32 Å². The van der Waals surface area contributed by atoms with Crippen LogP contribution in [0.2, 0.25) is 0 Å². The Morgan fingerprint density at radius 3 is 2.43 bits per heavy atom. The summed E-state index contributed by atoms with van der Waals surface area (Å²) in [5.41, 5.74) is 6.68. The van der Waals surface area contributed by atoms with Gasteiger partial charge in [0.25, 0.3) is 5.91 Å². The van der Waals surface area contributed by atoms with Crippen LogP contribution in [0.3, 0.4) is 0 Å². The maximum absolute atomic E-state index is 12.2. The lowest BCUT2D eigenvalue weighted by Crippen LogP contribution is -2.29. The van der Waals surface area contributed by atoms with Crippen molar-refractivity contribution in [2.24, 2.45) is 5.73 Å². The molecule has 0 heterocycles. The summed E-state index contributed by atoms with van der Waals surface area (Å²) in [6, 6.07) is 13.3. The van der Waals surface area contributed by atoms with Gasteiger partial charge in [0, 0.05) is 22.9 Å². The van der Waals surface area contributed by atoms with Gasteiger partial charge in [-0.3, -0.25) is 9.59 Å². The topological polar surface area (TPSA) is 108 Å². The lowest BCUT2D eigenvalue weighted by Gasteiger charge is -2.12. The molecule has 0 aliphatic heterocycles. The number of ether oxygens (including phenoxy) is 2. The van der Waals surface area contributed by atoms with Gasteiger partial charge in [-0.25, -0.2) is 4.79 Å². The van der Waals surface area contributed by atoms with Gasteiger partial charge in [0.2, 0.25) is 5.91 Å². The van der Waals surface area contributed by atoms with E-state index in [9.17, 15) is 14.4 Å². The SMILES string of the molecule is CCOc1ccccc1/C=C/C(=O)O[C@@H](C)C(=O)Nc1ccc(C(N)=O)cc1. The maximum Gasteiger partial charge on any atom is 0.331 e. The number of para-hydroxylation sites is 1. The normalized spacial score (nSPS) is 11.6. The van der Waals surface area contributed by atoms with Crippen molar-refractivity contribution in [3.63, 3.8) is 0 Å². The Hall–Kier alpha value is -3.61. The van der Waals surface area contributed by atoms with Crippen LogP contribution in [0.15, 0.2) is 54.6 Å². The number of amides is 2. The van der Waals surface area contributed by atoms with Crippen LogP contribution in [0.1, 0.15) is 29.8 Å². The maximum atomic E-state index is 12.2. The molecule has 0 bridgehead atoms. The predicted octanol–water partition coefficient (Wildman–Crippen LogP) is 2.77. The Labute approximate surface area is 163 Å². The highest BCUT2D eigenvalue weighted by atomic mass is 16.5. The quantitative estimate of drug-likeness (QED) is 0.539. The van der Waals surface area contributed by atoms with E-state index in [-0.39, 0.29) is 0 Å². The number of anilines is 1. The molecule has 0 aliphatic rings. The number of nitrogens with one attached hydrogen (secondary N) is 1. The second-order valence-electron chi connectivity index (χ2n) is 5.81. The van der Waals surface area contributed by atoms with E-state index < -0.39 is 23.9 Å². The molecule has 1 atom stereocenters. The van der Waals surface area contributed by atoms with Gasteiger partial charge in [0.1, 0.15) is 5.75 Å². The van der Waals surface area contributed by atoms with Crippen molar-refractivity contribution in [2.45, 2.75) is 20.0 Å². The Morgan fingerprint density at radius 2 is 1.79 bits per heavy atom. The molecule has 7 heteroatoms. The molecule has 2 aromatic rings. The fourth-order valence-corrected chi connectivity index (χ4v) is 2.29. The minimum atomic E-state index is -1.00. The van der Waals surface area contributed by atoms with Crippen molar-refractivity contribution in [3.05, 3.63) is 65.7 Å². The zero-order valence-electron chi connectivity index (χ0n) is 15.7. The fourth-order valence-electron chi connectivity index (χ4n) is 2.29. The van der Waals surface area contributed by atoms with Crippen molar-refractivity contribution in [1.29, 1.82) is 0 Å². The number of hydrogen-bond acceptors (Lipinski definition) is 5. The molecule has 28 heavy (non-hydrogen) atoms. The number of carbonyl (C=O) groups excluding carboxylic acids is 3. The number of nitrogens with two attached hydrogens (primary N) is 1. The largest absolute Gasteiger partial charge is 0.493 e. The molecule has 0 aromatic heterocycles. The highest BCUT2D eigenvalue weighted by Gasteiger charge is 2.17. The van der Waals surface area contributed by atoms with Gasteiger partial charge in [-0.2, -0.15) is 0 Å². The van der Waals surface area contributed by atoms with Crippen LogP contribution in [0.5, 0.6) is 5.75 Å².